The van der Waals surface area contributed by atoms with Crippen LogP contribution in [0.25, 0.3) is 11.3 Å². The van der Waals surface area contributed by atoms with Crippen molar-refractivity contribution in [1.82, 2.24) is 15.1 Å². The lowest BCUT2D eigenvalue weighted by atomic mass is 10.1. The standard InChI is InChI=1S/C16H21N3O2/c1-11(2)7-17-8-13-9-19(3)18-16(13)12-4-5-14-15(6-12)21-10-20-14/h4-6,9,11,17H,7-8,10H2,1-3H3. The Morgan fingerprint density at radius 2 is 2.10 bits per heavy atom. The molecule has 0 radical (unpaired) electrons. The fourth-order valence-corrected chi connectivity index (χ4v) is 2.45. The molecule has 21 heavy (non-hydrogen) atoms. The summed E-state index contributed by atoms with van der Waals surface area (Å²) in [5, 5.41) is 8.05. The second-order valence-corrected chi connectivity index (χ2v) is 5.77. The van der Waals surface area contributed by atoms with Gasteiger partial charge in [-0.3, -0.25) is 4.68 Å². The van der Waals surface area contributed by atoms with Crippen molar-refractivity contribution in [2.45, 2.75) is 20.4 Å². The Kier molecular flexibility index (Phi) is 3.84. The van der Waals surface area contributed by atoms with E-state index in [0.29, 0.717) is 12.7 Å². The van der Waals surface area contributed by atoms with Crippen LogP contribution in [0.2, 0.25) is 0 Å². The highest BCUT2D eigenvalue weighted by Crippen LogP contribution is 2.36. The maximum atomic E-state index is 5.45. The highest BCUT2D eigenvalue weighted by molar-refractivity contribution is 5.67. The molecule has 1 aromatic carbocycles. The van der Waals surface area contributed by atoms with E-state index in [9.17, 15) is 0 Å². The Hall–Kier alpha value is -2.01. The Labute approximate surface area is 124 Å². The lowest BCUT2D eigenvalue weighted by Crippen LogP contribution is -2.19. The van der Waals surface area contributed by atoms with Crippen molar-refractivity contribution >= 4 is 0 Å². The first-order chi connectivity index (χ1) is 10.1. The maximum absolute atomic E-state index is 5.45. The zero-order valence-corrected chi connectivity index (χ0v) is 12.7. The molecule has 3 rings (SSSR count). The van der Waals surface area contributed by atoms with Gasteiger partial charge in [0, 0.05) is 30.9 Å². The van der Waals surface area contributed by atoms with Crippen LogP contribution in [0.3, 0.4) is 0 Å². The van der Waals surface area contributed by atoms with Crippen LogP contribution in [0, 0.1) is 5.92 Å². The van der Waals surface area contributed by atoms with E-state index in [4.69, 9.17) is 9.47 Å². The van der Waals surface area contributed by atoms with Crippen LogP contribution in [0.15, 0.2) is 24.4 Å². The Balaban J connectivity index is 1.84. The van der Waals surface area contributed by atoms with Crippen LogP contribution in [-0.2, 0) is 13.6 Å². The number of hydrogen-bond donors (Lipinski definition) is 1. The molecule has 0 unspecified atom stereocenters. The maximum Gasteiger partial charge on any atom is 0.231 e. The van der Waals surface area contributed by atoms with E-state index < -0.39 is 0 Å². The normalized spacial score (nSPS) is 13.1. The molecule has 2 aromatic rings. The van der Waals surface area contributed by atoms with Crippen molar-refractivity contribution in [3.63, 3.8) is 0 Å². The van der Waals surface area contributed by atoms with Crippen LogP contribution in [-0.4, -0.2) is 23.1 Å². The largest absolute Gasteiger partial charge is 0.454 e. The summed E-state index contributed by atoms with van der Waals surface area (Å²) in [6, 6.07) is 5.97. The van der Waals surface area contributed by atoms with Gasteiger partial charge in [-0.1, -0.05) is 13.8 Å². The zero-order chi connectivity index (χ0) is 14.8. The van der Waals surface area contributed by atoms with E-state index in [0.717, 1.165) is 35.8 Å². The highest BCUT2D eigenvalue weighted by atomic mass is 16.7. The van der Waals surface area contributed by atoms with Gasteiger partial charge < -0.3 is 14.8 Å². The van der Waals surface area contributed by atoms with Crippen LogP contribution in [0.1, 0.15) is 19.4 Å². The number of aromatic nitrogens is 2. The number of nitrogens with zero attached hydrogens (tertiary/aromatic N) is 2. The smallest absolute Gasteiger partial charge is 0.231 e. The van der Waals surface area contributed by atoms with E-state index in [1.165, 1.54) is 5.56 Å². The van der Waals surface area contributed by atoms with Gasteiger partial charge in [-0.15, -0.1) is 0 Å². The minimum absolute atomic E-state index is 0.295. The van der Waals surface area contributed by atoms with Gasteiger partial charge in [0.1, 0.15) is 0 Å². The summed E-state index contributed by atoms with van der Waals surface area (Å²) < 4.78 is 12.7. The van der Waals surface area contributed by atoms with E-state index in [1.807, 2.05) is 29.9 Å². The first kappa shape index (κ1) is 13.9. The van der Waals surface area contributed by atoms with Crippen LogP contribution in [0.4, 0.5) is 0 Å². The van der Waals surface area contributed by atoms with E-state index >= 15 is 0 Å². The van der Waals surface area contributed by atoms with Gasteiger partial charge in [0.2, 0.25) is 6.79 Å². The van der Waals surface area contributed by atoms with E-state index in [2.05, 4.69) is 30.5 Å². The third kappa shape index (κ3) is 3.03. The van der Waals surface area contributed by atoms with Crippen molar-refractivity contribution in [2.24, 2.45) is 13.0 Å². The third-order valence-electron chi connectivity index (χ3n) is 3.42. The molecule has 0 atom stereocenters. The topological polar surface area (TPSA) is 48.3 Å². The lowest BCUT2D eigenvalue weighted by Gasteiger charge is -2.07. The number of rotatable bonds is 5. The monoisotopic (exact) mass is 287 g/mol. The molecule has 0 amide bonds. The van der Waals surface area contributed by atoms with E-state index in [-0.39, 0.29) is 0 Å². The number of hydrogen-bond acceptors (Lipinski definition) is 4. The second-order valence-electron chi connectivity index (χ2n) is 5.77. The molecule has 1 aliphatic heterocycles. The Morgan fingerprint density at radius 3 is 2.90 bits per heavy atom. The second kappa shape index (κ2) is 5.77. The average Bonchev–Trinajstić information content (AvgIpc) is 3.03. The molecule has 0 spiro atoms. The zero-order valence-electron chi connectivity index (χ0n) is 12.7. The number of fused-ring (bicyclic) bond motifs is 1. The van der Waals surface area contributed by atoms with Gasteiger partial charge in [-0.2, -0.15) is 5.10 Å². The first-order valence-electron chi connectivity index (χ1n) is 7.26. The molecular formula is C16H21N3O2. The Bertz CT molecular complexity index is 634. The molecule has 0 saturated heterocycles. The highest BCUT2D eigenvalue weighted by Gasteiger charge is 2.17. The average molecular weight is 287 g/mol. The summed E-state index contributed by atoms with van der Waals surface area (Å²) in [7, 11) is 1.95. The molecular weight excluding hydrogens is 266 g/mol. The van der Waals surface area contributed by atoms with Gasteiger partial charge in [0.15, 0.2) is 11.5 Å². The third-order valence-corrected chi connectivity index (χ3v) is 3.42. The summed E-state index contributed by atoms with van der Waals surface area (Å²) in [5.74, 6) is 2.23. The molecule has 0 aliphatic carbocycles. The molecule has 1 aromatic heterocycles. The molecule has 0 fully saturated rings. The summed E-state index contributed by atoms with van der Waals surface area (Å²) in [4.78, 5) is 0. The molecule has 5 heteroatoms. The summed E-state index contributed by atoms with van der Waals surface area (Å²) >= 11 is 0. The quantitative estimate of drug-likeness (QED) is 0.918. The fourth-order valence-electron chi connectivity index (χ4n) is 2.45. The molecule has 112 valence electrons. The molecule has 0 saturated carbocycles. The molecule has 0 bridgehead atoms. The first-order valence-corrected chi connectivity index (χ1v) is 7.26. The summed E-state index contributed by atoms with van der Waals surface area (Å²) in [6.45, 7) is 6.51. The fraction of sp³-hybridized carbons (Fsp3) is 0.438. The van der Waals surface area contributed by atoms with Crippen molar-refractivity contribution in [2.75, 3.05) is 13.3 Å². The van der Waals surface area contributed by atoms with Gasteiger partial charge in [0.25, 0.3) is 0 Å². The number of nitrogens with one attached hydrogen (secondary N) is 1. The molecule has 1 aliphatic rings. The molecule has 5 nitrogen and oxygen atoms in total. The summed E-state index contributed by atoms with van der Waals surface area (Å²) in [5.41, 5.74) is 3.24. The molecule has 2 heterocycles. The number of aryl methyl sites for hydroxylation is 1. The van der Waals surface area contributed by atoms with Gasteiger partial charge in [-0.05, 0) is 30.7 Å². The van der Waals surface area contributed by atoms with Crippen LogP contribution < -0.4 is 14.8 Å². The van der Waals surface area contributed by atoms with E-state index in [1.54, 1.807) is 0 Å². The Morgan fingerprint density at radius 1 is 1.29 bits per heavy atom. The minimum Gasteiger partial charge on any atom is -0.454 e. The lowest BCUT2D eigenvalue weighted by molar-refractivity contribution is 0.174. The van der Waals surface area contributed by atoms with Crippen molar-refractivity contribution in [3.8, 4) is 22.8 Å². The number of ether oxygens (including phenoxy) is 2. The van der Waals surface area contributed by atoms with Gasteiger partial charge in [0.05, 0.1) is 5.69 Å². The predicted octanol–water partition coefficient (Wildman–Crippen LogP) is 2.56. The minimum atomic E-state index is 0.295. The SMILES string of the molecule is CC(C)CNCc1cn(C)nc1-c1ccc2c(c1)OCO2. The van der Waals surface area contributed by atoms with Crippen LogP contribution >= 0.6 is 0 Å². The van der Waals surface area contributed by atoms with Crippen molar-refractivity contribution in [1.29, 1.82) is 0 Å². The molecule has 1 N–H and O–H groups in total. The summed E-state index contributed by atoms with van der Waals surface area (Å²) in [6.07, 6.45) is 2.06. The van der Waals surface area contributed by atoms with Gasteiger partial charge in [-0.25, -0.2) is 0 Å². The van der Waals surface area contributed by atoms with Crippen molar-refractivity contribution in [3.05, 3.63) is 30.0 Å². The van der Waals surface area contributed by atoms with Gasteiger partial charge >= 0.3 is 0 Å². The van der Waals surface area contributed by atoms with Crippen molar-refractivity contribution < 1.29 is 9.47 Å². The predicted molar refractivity (Wildman–Crippen MR) is 81.3 cm³/mol. The number of benzene rings is 1. The van der Waals surface area contributed by atoms with Crippen LogP contribution in [0.5, 0.6) is 11.5 Å².